The first-order valence-electron chi connectivity index (χ1n) is 11.5. The van der Waals surface area contributed by atoms with E-state index in [2.05, 4.69) is 52.1 Å². The maximum atomic E-state index is 11.4. The van der Waals surface area contributed by atoms with Crippen LogP contribution in [0.25, 0.3) is 0 Å². The maximum absolute atomic E-state index is 11.4. The SMILES string of the molecule is CC(CCBr)CC(=O)O.CC(CCBr)CC(=O)OCC1(C)COC1.CC1(CO)COC1.[2H]C#C. The normalized spacial score (nSPS) is 18.8. The van der Waals surface area contributed by atoms with Crippen LogP contribution in [0.4, 0.5) is 0 Å². The van der Waals surface area contributed by atoms with E-state index in [1.54, 1.807) is 0 Å². The van der Waals surface area contributed by atoms with Crippen molar-refractivity contribution in [1.29, 1.82) is 0 Å². The summed E-state index contributed by atoms with van der Waals surface area (Å²) in [6, 6.07) is 0. The third kappa shape index (κ3) is 18.4. The van der Waals surface area contributed by atoms with E-state index in [1.807, 2.05) is 13.8 Å². The van der Waals surface area contributed by atoms with Crippen LogP contribution in [0, 0.1) is 35.5 Å². The average Bonchev–Trinajstić information content (AvgIpc) is 2.70. The quantitative estimate of drug-likeness (QED) is 0.204. The van der Waals surface area contributed by atoms with Crippen LogP contribution in [0.3, 0.4) is 0 Å². The van der Waals surface area contributed by atoms with Gasteiger partial charge in [0.05, 0.1) is 33.0 Å². The fourth-order valence-corrected chi connectivity index (χ4v) is 4.11. The number of carbonyl (C=O) groups is 2. The van der Waals surface area contributed by atoms with Crippen molar-refractivity contribution in [3.8, 4) is 12.8 Å². The second-order valence-corrected chi connectivity index (χ2v) is 11.0. The lowest BCUT2D eigenvalue weighted by atomic mass is 9.90. The molecule has 0 amide bonds. The molecule has 7 nitrogen and oxygen atoms in total. The van der Waals surface area contributed by atoms with Crippen molar-refractivity contribution in [2.24, 2.45) is 22.7 Å². The van der Waals surface area contributed by atoms with Gasteiger partial charge < -0.3 is 24.4 Å². The molecule has 0 spiro atoms. The molecule has 0 aromatic carbocycles. The summed E-state index contributed by atoms with van der Waals surface area (Å²) in [6.45, 7) is 11.7. The number of carboxylic acids is 1. The second-order valence-electron chi connectivity index (χ2n) is 9.39. The second kappa shape index (κ2) is 19.6. The van der Waals surface area contributed by atoms with E-state index in [9.17, 15) is 9.59 Å². The zero-order chi connectivity index (χ0) is 26.6. The van der Waals surface area contributed by atoms with Gasteiger partial charge in [-0.3, -0.25) is 9.59 Å². The number of terminal acetylenes is 1. The van der Waals surface area contributed by atoms with Crippen LogP contribution in [0.15, 0.2) is 0 Å². The molecule has 0 saturated carbocycles. The Morgan fingerprint density at radius 2 is 1.45 bits per heavy atom. The number of hydrogen-bond donors (Lipinski definition) is 2. The first kappa shape index (κ1) is 32.3. The molecule has 2 unspecified atom stereocenters. The minimum Gasteiger partial charge on any atom is -0.481 e. The number of carboxylic acid groups (broad SMARTS) is 1. The van der Waals surface area contributed by atoms with Gasteiger partial charge in [0, 0.05) is 34.3 Å². The number of hydrogen-bond acceptors (Lipinski definition) is 6. The molecule has 2 rings (SSSR count). The molecule has 2 fully saturated rings. The summed E-state index contributed by atoms with van der Waals surface area (Å²) in [5, 5.41) is 18.7. The van der Waals surface area contributed by atoms with Crippen molar-refractivity contribution in [2.45, 2.75) is 53.4 Å². The molecular weight excluding hydrogens is 560 g/mol. The highest BCUT2D eigenvalue weighted by Gasteiger charge is 2.35. The van der Waals surface area contributed by atoms with E-state index in [0.29, 0.717) is 38.1 Å². The summed E-state index contributed by atoms with van der Waals surface area (Å²) in [4.78, 5) is 21.5. The Bertz CT molecular complexity index is 585. The van der Waals surface area contributed by atoms with Crippen LogP contribution in [0.2, 0.25) is 0 Å². The fourth-order valence-electron chi connectivity index (χ4n) is 2.55. The summed E-state index contributed by atoms with van der Waals surface area (Å²) in [5.41, 5.74) is 0.161. The average molecular weight is 603 g/mol. The molecule has 9 heteroatoms. The fraction of sp³-hybridized carbons (Fsp3) is 0.833. The molecule has 2 atom stereocenters. The summed E-state index contributed by atoms with van der Waals surface area (Å²) in [7, 11) is 0. The molecule has 2 aliphatic heterocycles. The van der Waals surface area contributed by atoms with Crippen molar-refractivity contribution < 1.29 is 35.4 Å². The minimum atomic E-state index is -0.705. The highest BCUT2D eigenvalue weighted by atomic mass is 79.9. The molecule has 2 heterocycles. The molecule has 0 aromatic rings. The van der Waals surface area contributed by atoms with E-state index in [4.69, 9.17) is 25.8 Å². The van der Waals surface area contributed by atoms with Crippen LogP contribution < -0.4 is 0 Å². The number of aliphatic hydroxyl groups is 1. The lowest BCUT2D eigenvalue weighted by molar-refractivity contribution is -0.166. The van der Waals surface area contributed by atoms with Crippen molar-refractivity contribution in [2.75, 3.05) is 50.3 Å². The van der Waals surface area contributed by atoms with E-state index >= 15 is 0 Å². The molecule has 0 aliphatic carbocycles. The molecule has 2 saturated heterocycles. The summed E-state index contributed by atoms with van der Waals surface area (Å²) < 4.78 is 20.9. The Balaban J connectivity index is 0. The summed E-state index contributed by atoms with van der Waals surface area (Å²) >= 11 is 6.61. The topological polar surface area (TPSA) is 102 Å². The van der Waals surface area contributed by atoms with E-state index in [1.165, 1.54) is 6.40 Å². The number of alkyl halides is 2. The first-order chi connectivity index (χ1) is 15.9. The Morgan fingerprint density at radius 3 is 1.73 bits per heavy atom. The first-order valence-corrected chi connectivity index (χ1v) is 13.3. The third-order valence-corrected chi connectivity index (χ3v) is 5.92. The van der Waals surface area contributed by atoms with Gasteiger partial charge in [0.25, 0.3) is 0 Å². The van der Waals surface area contributed by atoms with E-state index < -0.39 is 5.97 Å². The highest BCUT2D eigenvalue weighted by molar-refractivity contribution is 9.09. The molecule has 2 aliphatic rings. The number of rotatable bonds is 11. The standard InChI is InChI=1S/C11H19BrO3.C6H11BrO2.C5H10O2.C2H2/c1-9(3-4-12)5-10(13)15-8-11(2)6-14-7-11;1-5(2-3-7)4-6(8)9;1-5(2-6)3-7-4-5;1-2/h9H,3-8H2,1-2H3;5H,2-4H2,1H3,(H,8,9);6H,2-4H2,1H3;1-2H/i;;;1D. The van der Waals surface area contributed by atoms with Gasteiger partial charge in [-0.1, -0.05) is 59.6 Å². The van der Waals surface area contributed by atoms with Crippen molar-refractivity contribution in [1.82, 2.24) is 0 Å². The van der Waals surface area contributed by atoms with Gasteiger partial charge in [-0.2, -0.15) is 0 Å². The molecule has 0 aromatic heterocycles. The molecular formula is C24H42Br2O7. The van der Waals surface area contributed by atoms with Gasteiger partial charge in [-0.15, -0.1) is 12.8 Å². The monoisotopic (exact) mass is 601 g/mol. The van der Waals surface area contributed by atoms with E-state index in [-0.39, 0.29) is 29.8 Å². The lowest BCUT2D eigenvalue weighted by Crippen LogP contribution is -2.44. The number of aliphatic carboxylic acids is 1. The Morgan fingerprint density at radius 1 is 1.03 bits per heavy atom. The number of carbonyl (C=O) groups excluding carboxylic acids is 1. The molecule has 2 N–H and O–H groups in total. The van der Waals surface area contributed by atoms with Gasteiger partial charge in [0.15, 0.2) is 0 Å². The lowest BCUT2D eigenvalue weighted by Gasteiger charge is -2.37. The third-order valence-electron chi connectivity index (χ3n) is 5.01. The van der Waals surface area contributed by atoms with Gasteiger partial charge in [-0.05, 0) is 24.7 Å². The van der Waals surface area contributed by atoms with Gasteiger partial charge in [-0.25, -0.2) is 0 Å². The predicted molar refractivity (Wildman–Crippen MR) is 138 cm³/mol. The number of esters is 1. The number of halogens is 2. The Labute approximate surface area is 218 Å². The van der Waals surface area contributed by atoms with Crippen LogP contribution in [-0.4, -0.2) is 72.5 Å². The predicted octanol–water partition coefficient (Wildman–Crippen LogP) is 4.52. The maximum Gasteiger partial charge on any atom is 0.306 e. The highest BCUT2D eigenvalue weighted by Crippen LogP contribution is 2.27. The molecule has 0 radical (unpaired) electrons. The van der Waals surface area contributed by atoms with Crippen molar-refractivity contribution in [3.63, 3.8) is 0 Å². The summed E-state index contributed by atoms with van der Waals surface area (Å²) in [5.74, 6) is -0.107. The molecule has 194 valence electrons. The molecule has 0 bridgehead atoms. The summed E-state index contributed by atoms with van der Waals surface area (Å²) in [6.07, 6.45) is 8.51. The van der Waals surface area contributed by atoms with Crippen LogP contribution >= 0.6 is 31.9 Å². The zero-order valence-electron chi connectivity index (χ0n) is 21.4. The van der Waals surface area contributed by atoms with E-state index in [0.717, 1.165) is 36.7 Å². The molecule has 33 heavy (non-hydrogen) atoms. The number of aliphatic hydroxyl groups excluding tert-OH is 1. The van der Waals surface area contributed by atoms with Gasteiger partial charge in [0.1, 0.15) is 7.98 Å². The van der Waals surface area contributed by atoms with Gasteiger partial charge in [0.2, 0.25) is 0 Å². The zero-order valence-corrected chi connectivity index (χ0v) is 23.6. The van der Waals surface area contributed by atoms with Crippen molar-refractivity contribution >= 4 is 43.8 Å². The Hall–Kier alpha value is -0.660. The minimum absolute atomic E-state index is 0.0638. The van der Waals surface area contributed by atoms with Crippen LogP contribution in [0.5, 0.6) is 0 Å². The van der Waals surface area contributed by atoms with Crippen LogP contribution in [-0.2, 0) is 23.8 Å². The van der Waals surface area contributed by atoms with Gasteiger partial charge >= 0.3 is 11.9 Å². The largest absolute Gasteiger partial charge is 0.481 e. The smallest absolute Gasteiger partial charge is 0.306 e. The number of ether oxygens (including phenoxy) is 3. The van der Waals surface area contributed by atoms with Crippen molar-refractivity contribution in [3.05, 3.63) is 0 Å². The Kier molecular flexibility index (Phi) is 19.2. The van der Waals surface area contributed by atoms with Crippen LogP contribution in [0.1, 0.15) is 54.7 Å².